The molecule has 0 saturated heterocycles. The maximum Gasteiger partial charge on any atom is 0.290 e. The summed E-state index contributed by atoms with van der Waals surface area (Å²) < 4.78 is 1.81. The third-order valence-electron chi connectivity index (χ3n) is 3.52. The monoisotopic (exact) mass is 372 g/mol. The predicted octanol–water partition coefficient (Wildman–Crippen LogP) is 3.33. The highest BCUT2D eigenvalue weighted by molar-refractivity contribution is 7.99. The van der Waals surface area contributed by atoms with Crippen molar-refractivity contribution in [2.45, 2.75) is 23.5 Å². The smallest absolute Gasteiger partial charge is 0.290 e. The summed E-state index contributed by atoms with van der Waals surface area (Å²) in [6, 6.07) is 7.10. The molecule has 0 fully saturated rings. The van der Waals surface area contributed by atoms with E-state index in [1.54, 1.807) is 24.5 Å². The quantitative estimate of drug-likeness (QED) is 0.476. The summed E-state index contributed by atoms with van der Waals surface area (Å²) in [5.74, 6) is 0.613. The van der Waals surface area contributed by atoms with Crippen molar-refractivity contribution in [3.8, 4) is 11.4 Å². The highest BCUT2D eigenvalue weighted by atomic mass is 32.2. The van der Waals surface area contributed by atoms with Gasteiger partial charge in [-0.25, -0.2) is 0 Å². The van der Waals surface area contributed by atoms with Crippen LogP contribution in [0.25, 0.3) is 11.4 Å². The lowest BCUT2D eigenvalue weighted by Crippen LogP contribution is -2.00. The van der Waals surface area contributed by atoms with Gasteiger partial charge in [0.05, 0.1) is 20.8 Å². The van der Waals surface area contributed by atoms with Gasteiger partial charge in [0, 0.05) is 30.6 Å². The number of nitro groups is 2. The Balaban J connectivity index is 2.01. The fourth-order valence-corrected chi connectivity index (χ4v) is 3.29. The van der Waals surface area contributed by atoms with Crippen molar-refractivity contribution in [2.24, 2.45) is 0 Å². The highest BCUT2D eigenvalue weighted by Gasteiger charge is 2.23. The van der Waals surface area contributed by atoms with Crippen LogP contribution in [0, 0.1) is 20.2 Å². The van der Waals surface area contributed by atoms with E-state index >= 15 is 0 Å². The van der Waals surface area contributed by atoms with Crippen LogP contribution in [0.15, 0.2) is 52.8 Å². The molecule has 10 nitrogen and oxygen atoms in total. The van der Waals surface area contributed by atoms with Crippen LogP contribution in [-0.2, 0) is 6.54 Å². The van der Waals surface area contributed by atoms with Crippen molar-refractivity contribution in [3.05, 3.63) is 63.0 Å². The summed E-state index contributed by atoms with van der Waals surface area (Å²) in [7, 11) is 0. The number of aromatic nitrogens is 4. The van der Waals surface area contributed by atoms with Crippen LogP contribution in [0.4, 0.5) is 11.4 Å². The van der Waals surface area contributed by atoms with Gasteiger partial charge in [-0.05, 0) is 36.9 Å². The molecular weight excluding hydrogens is 360 g/mol. The maximum absolute atomic E-state index is 11.3. The Morgan fingerprint density at radius 2 is 1.81 bits per heavy atom. The highest BCUT2D eigenvalue weighted by Crippen LogP contribution is 2.37. The first-order valence-corrected chi connectivity index (χ1v) is 8.27. The second-order valence-corrected chi connectivity index (χ2v) is 6.06. The van der Waals surface area contributed by atoms with Gasteiger partial charge in [0.25, 0.3) is 11.4 Å². The minimum Gasteiger partial charge on any atom is -0.302 e. The first kappa shape index (κ1) is 17.5. The molecule has 0 saturated carbocycles. The number of pyridine rings is 1. The molecule has 0 aliphatic carbocycles. The molecule has 0 bridgehead atoms. The zero-order valence-electron chi connectivity index (χ0n) is 13.5. The zero-order valence-corrected chi connectivity index (χ0v) is 14.3. The van der Waals surface area contributed by atoms with Gasteiger partial charge in [0.15, 0.2) is 11.0 Å². The van der Waals surface area contributed by atoms with Crippen LogP contribution in [0.3, 0.4) is 0 Å². The molecular formula is C15H12N6O4S. The molecule has 3 rings (SSSR count). The average Bonchev–Trinajstić information content (AvgIpc) is 3.05. The lowest BCUT2D eigenvalue weighted by molar-refractivity contribution is -0.396. The lowest BCUT2D eigenvalue weighted by atomic mass is 10.2. The van der Waals surface area contributed by atoms with Gasteiger partial charge in [-0.15, -0.1) is 10.2 Å². The molecule has 0 atom stereocenters. The van der Waals surface area contributed by atoms with Gasteiger partial charge in [0.2, 0.25) is 0 Å². The normalized spacial score (nSPS) is 10.7. The topological polar surface area (TPSA) is 130 Å². The van der Waals surface area contributed by atoms with Crippen molar-refractivity contribution < 1.29 is 9.85 Å². The molecule has 0 unspecified atom stereocenters. The van der Waals surface area contributed by atoms with E-state index in [0.717, 1.165) is 23.4 Å². The number of benzene rings is 1. The number of hydrogen-bond acceptors (Lipinski definition) is 8. The number of hydrogen-bond donors (Lipinski definition) is 0. The van der Waals surface area contributed by atoms with Gasteiger partial charge >= 0.3 is 0 Å². The summed E-state index contributed by atoms with van der Waals surface area (Å²) in [4.78, 5) is 25.0. The summed E-state index contributed by atoms with van der Waals surface area (Å²) in [5, 5.41) is 30.9. The van der Waals surface area contributed by atoms with Crippen molar-refractivity contribution in [2.75, 3.05) is 0 Å². The Bertz CT molecular complexity index is 976. The summed E-state index contributed by atoms with van der Waals surface area (Å²) >= 11 is 1.04. The van der Waals surface area contributed by atoms with Crippen molar-refractivity contribution >= 4 is 23.1 Å². The molecule has 0 radical (unpaired) electrons. The van der Waals surface area contributed by atoms with Crippen molar-refractivity contribution in [1.29, 1.82) is 0 Å². The van der Waals surface area contributed by atoms with Crippen LogP contribution in [0.2, 0.25) is 0 Å². The van der Waals surface area contributed by atoms with Gasteiger partial charge in [-0.1, -0.05) is 0 Å². The van der Waals surface area contributed by atoms with Crippen LogP contribution in [-0.4, -0.2) is 29.6 Å². The Labute approximate surface area is 151 Å². The van der Waals surface area contributed by atoms with E-state index in [-0.39, 0.29) is 16.3 Å². The van der Waals surface area contributed by atoms with E-state index in [1.807, 2.05) is 11.5 Å². The molecule has 11 heteroatoms. The molecule has 0 aliphatic heterocycles. The lowest BCUT2D eigenvalue weighted by Gasteiger charge is -2.07. The second kappa shape index (κ2) is 7.27. The number of rotatable bonds is 6. The molecule has 0 amide bonds. The minimum absolute atomic E-state index is 0.254. The fraction of sp³-hybridized carbons (Fsp3) is 0.133. The fourth-order valence-electron chi connectivity index (χ4n) is 2.31. The molecule has 0 aliphatic rings. The SMILES string of the molecule is CCn1c(Sc2ccc([N+](=O)[O-])cc2[N+](=O)[O-])nnc1-c1ccncc1. The largest absolute Gasteiger partial charge is 0.302 e. The van der Waals surface area contributed by atoms with Crippen molar-refractivity contribution in [3.63, 3.8) is 0 Å². The van der Waals surface area contributed by atoms with Gasteiger partial charge in [-0.2, -0.15) is 0 Å². The van der Waals surface area contributed by atoms with Crippen LogP contribution in [0.1, 0.15) is 6.92 Å². The van der Waals surface area contributed by atoms with E-state index in [4.69, 9.17) is 0 Å². The zero-order chi connectivity index (χ0) is 18.7. The van der Waals surface area contributed by atoms with Gasteiger partial charge < -0.3 is 4.57 Å². The van der Waals surface area contributed by atoms with E-state index in [1.165, 1.54) is 12.1 Å². The molecule has 1 aromatic carbocycles. The number of nitro benzene ring substituents is 2. The Hall–Kier alpha value is -3.34. The third-order valence-corrected chi connectivity index (χ3v) is 4.57. The number of nitrogens with zero attached hydrogens (tertiary/aromatic N) is 6. The molecule has 3 aromatic rings. The van der Waals surface area contributed by atoms with Crippen LogP contribution >= 0.6 is 11.8 Å². The summed E-state index contributed by atoms with van der Waals surface area (Å²) in [6.45, 7) is 2.45. The molecule has 26 heavy (non-hydrogen) atoms. The third kappa shape index (κ3) is 3.37. The Morgan fingerprint density at radius 3 is 2.42 bits per heavy atom. The Kier molecular flexibility index (Phi) is 4.89. The maximum atomic E-state index is 11.3. The molecule has 2 aromatic heterocycles. The van der Waals surface area contributed by atoms with E-state index in [9.17, 15) is 20.2 Å². The van der Waals surface area contributed by atoms with E-state index in [0.29, 0.717) is 17.5 Å². The van der Waals surface area contributed by atoms with Crippen molar-refractivity contribution in [1.82, 2.24) is 19.7 Å². The molecule has 132 valence electrons. The molecule has 2 heterocycles. The first-order chi connectivity index (χ1) is 12.5. The summed E-state index contributed by atoms with van der Waals surface area (Å²) in [6.07, 6.45) is 3.27. The van der Waals surface area contributed by atoms with Crippen LogP contribution < -0.4 is 0 Å². The predicted molar refractivity (Wildman–Crippen MR) is 92.8 cm³/mol. The Morgan fingerprint density at radius 1 is 1.08 bits per heavy atom. The van der Waals surface area contributed by atoms with Gasteiger partial charge in [-0.3, -0.25) is 25.2 Å². The van der Waals surface area contributed by atoms with E-state index in [2.05, 4.69) is 15.2 Å². The number of non-ortho nitro benzene ring substituents is 1. The van der Waals surface area contributed by atoms with E-state index < -0.39 is 9.85 Å². The second-order valence-electron chi connectivity index (χ2n) is 5.05. The molecule has 0 N–H and O–H groups in total. The standard InChI is InChI=1S/C15H12N6O4S/c1-2-19-14(10-5-7-16-8-6-10)17-18-15(19)26-13-4-3-11(20(22)23)9-12(13)21(24)25/h3-9H,2H2,1H3. The average molecular weight is 372 g/mol. The van der Waals surface area contributed by atoms with Gasteiger partial charge in [0.1, 0.15) is 0 Å². The van der Waals surface area contributed by atoms with Crippen LogP contribution in [0.5, 0.6) is 0 Å². The molecule has 0 spiro atoms. The summed E-state index contributed by atoms with van der Waals surface area (Å²) in [5.41, 5.74) is 0.134. The first-order valence-electron chi connectivity index (χ1n) is 7.45. The minimum atomic E-state index is -0.669.